The highest BCUT2D eigenvalue weighted by atomic mass is 16.5. The summed E-state index contributed by atoms with van der Waals surface area (Å²) in [5.41, 5.74) is 0. The Morgan fingerprint density at radius 1 is 1.20 bits per heavy atom. The largest absolute Gasteiger partial charge is 0.490 e. The van der Waals surface area contributed by atoms with Gasteiger partial charge in [-0.2, -0.15) is 0 Å². The first kappa shape index (κ1) is 14.0. The Hall–Kier alpha value is -2.37. The molecule has 0 fully saturated rings. The maximum Gasteiger partial charge on any atom is 0.257 e. The summed E-state index contributed by atoms with van der Waals surface area (Å²) in [6.45, 7) is 5.00. The van der Waals surface area contributed by atoms with E-state index in [1.807, 2.05) is 26.0 Å². The molecule has 0 aliphatic carbocycles. The van der Waals surface area contributed by atoms with Gasteiger partial charge in [0.2, 0.25) is 0 Å². The Balaban J connectivity index is 1.82. The number of nitrogens with one attached hydrogen (secondary N) is 1. The number of pyridine rings is 1. The smallest absolute Gasteiger partial charge is 0.257 e. The van der Waals surface area contributed by atoms with E-state index in [4.69, 9.17) is 9.47 Å². The summed E-state index contributed by atoms with van der Waals surface area (Å²) >= 11 is 0. The Morgan fingerprint density at radius 2 is 2.05 bits per heavy atom. The van der Waals surface area contributed by atoms with E-state index in [1.54, 1.807) is 24.8 Å². The van der Waals surface area contributed by atoms with Gasteiger partial charge in [-0.3, -0.25) is 4.98 Å². The van der Waals surface area contributed by atoms with Crippen LogP contribution in [0, 0.1) is 0 Å². The Morgan fingerprint density at radius 3 is 2.80 bits per heavy atom. The van der Waals surface area contributed by atoms with E-state index in [0.717, 1.165) is 5.75 Å². The van der Waals surface area contributed by atoms with Crippen LogP contribution < -0.4 is 14.8 Å². The van der Waals surface area contributed by atoms with Crippen LogP contribution in [0.25, 0.3) is 0 Å². The van der Waals surface area contributed by atoms with Crippen molar-refractivity contribution in [1.82, 2.24) is 15.0 Å². The highest BCUT2D eigenvalue weighted by molar-refractivity contribution is 5.44. The van der Waals surface area contributed by atoms with Crippen LogP contribution in [0.2, 0.25) is 0 Å². The highest BCUT2D eigenvalue weighted by Crippen LogP contribution is 2.18. The van der Waals surface area contributed by atoms with Gasteiger partial charge in [0, 0.05) is 18.6 Å². The van der Waals surface area contributed by atoms with Crippen molar-refractivity contribution in [2.75, 3.05) is 18.5 Å². The lowest BCUT2D eigenvalue weighted by atomic mass is 10.4. The molecule has 20 heavy (non-hydrogen) atoms. The molecule has 0 unspecified atom stereocenters. The first-order chi connectivity index (χ1) is 9.75. The third-order valence-electron chi connectivity index (χ3n) is 2.31. The quantitative estimate of drug-likeness (QED) is 0.780. The molecule has 2 heterocycles. The number of aromatic nitrogens is 3. The minimum absolute atomic E-state index is 0.0545. The molecule has 6 heteroatoms. The van der Waals surface area contributed by atoms with Crippen LogP contribution >= 0.6 is 0 Å². The number of ether oxygens (including phenoxy) is 2. The molecular weight excluding hydrogens is 256 g/mol. The average molecular weight is 274 g/mol. The maximum absolute atomic E-state index is 5.57. The van der Waals surface area contributed by atoms with Crippen molar-refractivity contribution < 1.29 is 9.47 Å². The van der Waals surface area contributed by atoms with Gasteiger partial charge in [0.25, 0.3) is 5.88 Å². The van der Waals surface area contributed by atoms with E-state index in [1.165, 1.54) is 0 Å². The highest BCUT2D eigenvalue weighted by Gasteiger charge is 2.07. The number of nitrogens with zero attached hydrogens (tertiary/aromatic N) is 3. The zero-order chi connectivity index (χ0) is 14.2. The predicted molar refractivity (Wildman–Crippen MR) is 76.0 cm³/mol. The average Bonchev–Trinajstić information content (AvgIpc) is 2.46. The molecule has 0 saturated heterocycles. The first-order valence-corrected chi connectivity index (χ1v) is 6.50. The van der Waals surface area contributed by atoms with E-state index in [9.17, 15) is 0 Å². The third kappa shape index (κ3) is 4.38. The monoisotopic (exact) mass is 274 g/mol. The molecule has 0 amide bonds. The second kappa shape index (κ2) is 7.28. The van der Waals surface area contributed by atoms with Gasteiger partial charge >= 0.3 is 0 Å². The molecule has 0 atom stereocenters. The summed E-state index contributed by atoms with van der Waals surface area (Å²) in [6.07, 6.45) is 6.67. The van der Waals surface area contributed by atoms with Gasteiger partial charge in [0.1, 0.15) is 12.4 Å². The Bertz CT molecular complexity index is 520. The molecule has 2 rings (SSSR count). The van der Waals surface area contributed by atoms with Gasteiger partial charge in [0.05, 0.1) is 18.8 Å². The normalized spacial score (nSPS) is 10.3. The van der Waals surface area contributed by atoms with E-state index < -0.39 is 0 Å². The summed E-state index contributed by atoms with van der Waals surface area (Å²) in [6, 6.07) is 3.70. The van der Waals surface area contributed by atoms with Crippen molar-refractivity contribution in [3.05, 3.63) is 36.9 Å². The van der Waals surface area contributed by atoms with Crippen LogP contribution in [0.1, 0.15) is 13.8 Å². The molecule has 6 nitrogen and oxygen atoms in total. The number of hydrogen-bond donors (Lipinski definition) is 1. The van der Waals surface area contributed by atoms with Gasteiger partial charge in [0.15, 0.2) is 5.82 Å². The van der Waals surface area contributed by atoms with Crippen molar-refractivity contribution in [1.29, 1.82) is 0 Å². The molecule has 2 aromatic heterocycles. The lowest BCUT2D eigenvalue weighted by molar-refractivity contribution is 0.233. The standard InChI is InChI=1S/C14H18N4O2/c1-11(2)20-14-13(16-6-7-18-14)17-8-9-19-12-4-3-5-15-10-12/h3-7,10-11H,8-9H2,1-2H3,(H,16,17). The molecule has 0 radical (unpaired) electrons. The Labute approximate surface area is 118 Å². The van der Waals surface area contributed by atoms with E-state index in [2.05, 4.69) is 20.3 Å². The predicted octanol–water partition coefficient (Wildman–Crippen LogP) is 2.15. The zero-order valence-corrected chi connectivity index (χ0v) is 11.6. The van der Waals surface area contributed by atoms with Crippen LogP contribution in [0.5, 0.6) is 11.6 Å². The van der Waals surface area contributed by atoms with Crippen molar-refractivity contribution in [3.8, 4) is 11.6 Å². The van der Waals surface area contributed by atoms with Crippen LogP contribution in [0.3, 0.4) is 0 Å². The summed E-state index contributed by atoms with van der Waals surface area (Å²) < 4.78 is 11.1. The van der Waals surface area contributed by atoms with Gasteiger partial charge in [-0.15, -0.1) is 0 Å². The SMILES string of the molecule is CC(C)Oc1nccnc1NCCOc1cccnc1. The lowest BCUT2D eigenvalue weighted by Gasteiger charge is -2.13. The van der Waals surface area contributed by atoms with Gasteiger partial charge in [-0.1, -0.05) is 0 Å². The fraction of sp³-hybridized carbons (Fsp3) is 0.357. The molecule has 0 bridgehead atoms. The second-order valence-electron chi connectivity index (χ2n) is 4.34. The number of hydrogen-bond acceptors (Lipinski definition) is 6. The maximum atomic E-state index is 5.57. The van der Waals surface area contributed by atoms with Crippen LogP contribution in [-0.2, 0) is 0 Å². The summed E-state index contributed by atoms with van der Waals surface area (Å²) in [5.74, 6) is 1.87. The first-order valence-electron chi connectivity index (χ1n) is 6.50. The third-order valence-corrected chi connectivity index (χ3v) is 2.31. The fourth-order valence-corrected chi connectivity index (χ4v) is 1.53. The van der Waals surface area contributed by atoms with Gasteiger partial charge in [-0.05, 0) is 26.0 Å². The molecule has 0 spiro atoms. The van der Waals surface area contributed by atoms with E-state index in [0.29, 0.717) is 24.8 Å². The summed E-state index contributed by atoms with van der Waals surface area (Å²) in [5, 5.41) is 3.14. The molecule has 0 aromatic carbocycles. The number of rotatable bonds is 7. The molecule has 0 saturated carbocycles. The van der Waals surface area contributed by atoms with Crippen molar-refractivity contribution >= 4 is 5.82 Å². The van der Waals surface area contributed by atoms with Crippen LogP contribution in [0.4, 0.5) is 5.82 Å². The molecule has 0 aliphatic rings. The van der Waals surface area contributed by atoms with Crippen LogP contribution in [-0.4, -0.2) is 34.2 Å². The molecule has 0 aliphatic heterocycles. The topological polar surface area (TPSA) is 69.2 Å². The van der Waals surface area contributed by atoms with Crippen molar-refractivity contribution in [3.63, 3.8) is 0 Å². The minimum Gasteiger partial charge on any atom is -0.490 e. The lowest BCUT2D eigenvalue weighted by Crippen LogP contribution is -2.15. The second-order valence-corrected chi connectivity index (χ2v) is 4.34. The minimum atomic E-state index is 0.0545. The summed E-state index contributed by atoms with van der Waals surface area (Å²) in [7, 11) is 0. The Kier molecular flexibility index (Phi) is 5.11. The molecule has 1 N–H and O–H groups in total. The molecular formula is C14H18N4O2. The summed E-state index contributed by atoms with van der Waals surface area (Å²) in [4.78, 5) is 12.3. The van der Waals surface area contributed by atoms with Gasteiger partial charge in [-0.25, -0.2) is 9.97 Å². The van der Waals surface area contributed by atoms with Crippen molar-refractivity contribution in [2.45, 2.75) is 20.0 Å². The van der Waals surface area contributed by atoms with Crippen molar-refractivity contribution in [2.24, 2.45) is 0 Å². The zero-order valence-electron chi connectivity index (χ0n) is 11.6. The van der Waals surface area contributed by atoms with Gasteiger partial charge < -0.3 is 14.8 Å². The van der Waals surface area contributed by atoms with Crippen LogP contribution in [0.15, 0.2) is 36.9 Å². The van der Waals surface area contributed by atoms with E-state index >= 15 is 0 Å². The van der Waals surface area contributed by atoms with E-state index in [-0.39, 0.29) is 6.10 Å². The number of anilines is 1. The molecule has 2 aromatic rings. The molecule has 106 valence electrons. The fourth-order valence-electron chi connectivity index (χ4n) is 1.53.